The highest BCUT2D eigenvalue weighted by Crippen LogP contribution is 2.09. The van der Waals surface area contributed by atoms with Gasteiger partial charge in [-0.3, -0.25) is 14.4 Å². The molecule has 1 aromatic rings. The maximum Gasteiger partial charge on any atom is 0.326 e. The van der Waals surface area contributed by atoms with Crippen molar-refractivity contribution >= 4 is 27.8 Å². The van der Waals surface area contributed by atoms with Crippen LogP contribution in [0.4, 0.5) is 0 Å². The lowest BCUT2D eigenvalue weighted by Crippen LogP contribution is -2.42. The summed E-state index contributed by atoms with van der Waals surface area (Å²) in [4.78, 5) is 35.0. The van der Waals surface area contributed by atoms with Gasteiger partial charge in [0.05, 0.1) is 11.4 Å². The standard InChI is InChI=1S/C17H25N3O6S/c1-11(2)20-17(23)13(4)26-16(22)10-18-15(21)9-19-27(24,25)14-7-5-12(3)6-8-14/h5-8,11,13,19H,9-10H2,1-4H3,(H,18,21)(H,20,23)/t13-/m1/s1. The van der Waals surface area contributed by atoms with Gasteiger partial charge in [-0.1, -0.05) is 17.7 Å². The summed E-state index contributed by atoms with van der Waals surface area (Å²) >= 11 is 0. The zero-order chi connectivity index (χ0) is 20.6. The highest BCUT2D eigenvalue weighted by molar-refractivity contribution is 7.89. The molecule has 0 saturated heterocycles. The molecule has 0 spiro atoms. The average Bonchev–Trinajstić information content (AvgIpc) is 2.58. The van der Waals surface area contributed by atoms with Crippen LogP contribution < -0.4 is 15.4 Å². The molecule has 0 aliphatic heterocycles. The minimum Gasteiger partial charge on any atom is -0.451 e. The Morgan fingerprint density at radius 1 is 1.04 bits per heavy atom. The maximum atomic E-state index is 12.1. The van der Waals surface area contributed by atoms with Gasteiger partial charge in [0.2, 0.25) is 15.9 Å². The molecule has 0 saturated carbocycles. The zero-order valence-electron chi connectivity index (χ0n) is 15.7. The number of aryl methyl sites for hydroxylation is 1. The van der Waals surface area contributed by atoms with E-state index in [1.54, 1.807) is 26.0 Å². The molecule has 1 atom stereocenters. The molecule has 9 nitrogen and oxygen atoms in total. The molecule has 0 fully saturated rings. The Bertz CT molecular complexity index is 774. The van der Waals surface area contributed by atoms with Gasteiger partial charge in [0, 0.05) is 6.04 Å². The van der Waals surface area contributed by atoms with Crippen LogP contribution in [0.2, 0.25) is 0 Å². The first kappa shape index (κ1) is 22.6. The second kappa shape index (κ2) is 10.0. The van der Waals surface area contributed by atoms with Crippen LogP contribution in [0.3, 0.4) is 0 Å². The largest absolute Gasteiger partial charge is 0.451 e. The Kier molecular flexibility index (Phi) is 8.38. The van der Waals surface area contributed by atoms with Crippen LogP contribution in [0.15, 0.2) is 29.2 Å². The second-order valence-electron chi connectivity index (χ2n) is 6.21. The third-order valence-electron chi connectivity index (χ3n) is 3.29. The fourth-order valence-electron chi connectivity index (χ4n) is 1.89. The van der Waals surface area contributed by atoms with Crippen molar-refractivity contribution in [3.05, 3.63) is 29.8 Å². The lowest BCUT2D eigenvalue weighted by Gasteiger charge is -2.15. The van der Waals surface area contributed by atoms with Crippen molar-refractivity contribution in [3.8, 4) is 0 Å². The molecule has 0 radical (unpaired) electrons. The summed E-state index contributed by atoms with van der Waals surface area (Å²) in [6.45, 7) is 5.75. The number of carbonyl (C=O) groups excluding carboxylic acids is 3. The van der Waals surface area contributed by atoms with Gasteiger partial charge in [-0.15, -0.1) is 0 Å². The van der Waals surface area contributed by atoms with E-state index < -0.39 is 47.0 Å². The summed E-state index contributed by atoms with van der Waals surface area (Å²) in [6, 6.07) is 6.04. The van der Waals surface area contributed by atoms with Crippen molar-refractivity contribution in [2.24, 2.45) is 0 Å². The first-order chi connectivity index (χ1) is 12.5. The van der Waals surface area contributed by atoms with Crippen LogP contribution in [0.1, 0.15) is 26.3 Å². The quantitative estimate of drug-likeness (QED) is 0.495. The lowest BCUT2D eigenvalue weighted by molar-refractivity contribution is -0.154. The van der Waals surface area contributed by atoms with Gasteiger partial charge in [0.15, 0.2) is 6.10 Å². The normalized spacial score (nSPS) is 12.3. The van der Waals surface area contributed by atoms with Gasteiger partial charge in [-0.05, 0) is 39.8 Å². The molecule has 2 amide bonds. The van der Waals surface area contributed by atoms with E-state index in [0.29, 0.717) is 0 Å². The van der Waals surface area contributed by atoms with Gasteiger partial charge in [0.1, 0.15) is 6.54 Å². The van der Waals surface area contributed by atoms with Crippen molar-refractivity contribution in [3.63, 3.8) is 0 Å². The van der Waals surface area contributed by atoms with Gasteiger partial charge in [-0.25, -0.2) is 13.1 Å². The molecule has 0 aliphatic carbocycles. The summed E-state index contributed by atoms with van der Waals surface area (Å²) in [5, 5.41) is 4.82. The molecule has 1 rings (SSSR count). The number of hydrogen-bond donors (Lipinski definition) is 3. The molecule has 10 heteroatoms. The van der Waals surface area contributed by atoms with Gasteiger partial charge in [-0.2, -0.15) is 0 Å². The topological polar surface area (TPSA) is 131 Å². The highest BCUT2D eigenvalue weighted by Gasteiger charge is 2.19. The molecule has 150 valence electrons. The van der Waals surface area contributed by atoms with Crippen molar-refractivity contribution in [2.45, 2.75) is 44.7 Å². The minimum absolute atomic E-state index is 0.0327. The first-order valence-electron chi connectivity index (χ1n) is 8.34. The van der Waals surface area contributed by atoms with Gasteiger partial charge in [0.25, 0.3) is 5.91 Å². The van der Waals surface area contributed by atoms with Gasteiger partial charge >= 0.3 is 5.97 Å². The van der Waals surface area contributed by atoms with E-state index >= 15 is 0 Å². The van der Waals surface area contributed by atoms with Crippen molar-refractivity contribution < 1.29 is 27.5 Å². The molecule has 0 heterocycles. The Balaban J connectivity index is 2.41. The third kappa shape index (κ3) is 8.18. The number of hydrogen-bond acceptors (Lipinski definition) is 6. The molecular weight excluding hydrogens is 374 g/mol. The minimum atomic E-state index is -3.83. The maximum absolute atomic E-state index is 12.1. The van der Waals surface area contributed by atoms with Crippen LogP contribution in [0, 0.1) is 6.92 Å². The van der Waals surface area contributed by atoms with E-state index in [1.165, 1.54) is 19.1 Å². The van der Waals surface area contributed by atoms with Crippen LogP contribution in [-0.4, -0.2) is 51.4 Å². The lowest BCUT2D eigenvalue weighted by atomic mass is 10.2. The SMILES string of the molecule is Cc1ccc(S(=O)(=O)NCC(=O)NCC(=O)O[C@H](C)C(=O)NC(C)C)cc1. The van der Waals surface area contributed by atoms with Crippen molar-refractivity contribution in [1.82, 2.24) is 15.4 Å². The fraction of sp³-hybridized carbons (Fsp3) is 0.471. The number of benzene rings is 1. The summed E-state index contributed by atoms with van der Waals surface area (Å²) in [6.07, 6.45) is -1.00. The number of amides is 2. The number of rotatable bonds is 9. The molecule has 0 aromatic heterocycles. The van der Waals surface area contributed by atoms with Crippen LogP contribution >= 0.6 is 0 Å². The van der Waals surface area contributed by atoms with E-state index in [4.69, 9.17) is 4.74 Å². The first-order valence-corrected chi connectivity index (χ1v) is 9.82. The third-order valence-corrected chi connectivity index (χ3v) is 4.71. The smallest absolute Gasteiger partial charge is 0.326 e. The fourth-order valence-corrected chi connectivity index (χ4v) is 2.87. The summed E-state index contributed by atoms with van der Waals surface area (Å²) in [5.41, 5.74) is 0.904. The monoisotopic (exact) mass is 399 g/mol. The number of sulfonamides is 1. The molecule has 1 aromatic carbocycles. The number of nitrogens with one attached hydrogen (secondary N) is 3. The van der Waals surface area contributed by atoms with Crippen LogP contribution in [0.5, 0.6) is 0 Å². The summed E-state index contributed by atoms with van der Waals surface area (Å²) in [7, 11) is -3.83. The number of carbonyl (C=O) groups is 3. The van der Waals surface area contributed by atoms with Crippen molar-refractivity contribution in [1.29, 1.82) is 0 Å². The molecule has 3 N–H and O–H groups in total. The Morgan fingerprint density at radius 2 is 1.63 bits per heavy atom. The predicted octanol–water partition coefficient (Wildman–Crippen LogP) is -0.154. The van der Waals surface area contributed by atoms with Crippen LogP contribution in [-0.2, 0) is 29.1 Å². The Hall–Kier alpha value is -2.46. The van der Waals surface area contributed by atoms with Gasteiger partial charge < -0.3 is 15.4 Å². The average molecular weight is 399 g/mol. The number of esters is 1. The highest BCUT2D eigenvalue weighted by atomic mass is 32.2. The van der Waals surface area contributed by atoms with E-state index in [1.807, 2.05) is 6.92 Å². The number of ether oxygens (including phenoxy) is 1. The van der Waals surface area contributed by atoms with E-state index in [9.17, 15) is 22.8 Å². The molecule has 0 bridgehead atoms. The summed E-state index contributed by atoms with van der Waals surface area (Å²) < 4.78 is 31.2. The molecule has 27 heavy (non-hydrogen) atoms. The Morgan fingerprint density at radius 3 is 2.19 bits per heavy atom. The van der Waals surface area contributed by atoms with E-state index in [0.717, 1.165) is 5.56 Å². The molecular formula is C17H25N3O6S. The van der Waals surface area contributed by atoms with E-state index in [-0.39, 0.29) is 10.9 Å². The van der Waals surface area contributed by atoms with Crippen molar-refractivity contribution in [2.75, 3.05) is 13.1 Å². The predicted molar refractivity (Wildman–Crippen MR) is 98.2 cm³/mol. The summed E-state index contributed by atoms with van der Waals surface area (Å²) in [5.74, 6) is -1.96. The Labute approximate surface area is 158 Å². The molecule has 0 aliphatic rings. The zero-order valence-corrected chi connectivity index (χ0v) is 16.6. The second-order valence-corrected chi connectivity index (χ2v) is 7.98. The molecule has 0 unspecified atom stereocenters. The van der Waals surface area contributed by atoms with Crippen LogP contribution in [0.25, 0.3) is 0 Å². The van der Waals surface area contributed by atoms with E-state index in [2.05, 4.69) is 15.4 Å².